The summed E-state index contributed by atoms with van der Waals surface area (Å²) in [4.78, 5) is 8.70. The lowest BCUT2D eigenvalue weighted by Crippen LogP contribution is -2.07. The zero-order chi connectivity index (χ0) is 17.3. The molecule has 0 saturated carbocycles. The first kappa shape index (κ1) is 16.8. The van der Waals surface area contributed by atoms with Gasteiger partial charge in [-0.05, 0) is 34.6 Å². The van der Waals surface area contributed by atoms with Gasteiger partial charge in [-0.3, -0.25) is 4.68 Å². The Balaban J connectivity index is 2.85. The molecule has 2 rings (SSSR count). The third-order valence-corrected chi connectivity index (χ3v) is 3.83. The summed E-state index contributed by atoms with van der Waals surface area (Å²) in [6.07, 6.45) is 0. The van der Waals surface area contributed by atoms with Crippen molar-refractivity contribution < 1.29 is 4.65 Å². The van der Waals surface area contributed by atoms with E-state index in [1.807, 2.05) is 34.6 Å². The van der Waals surface area contributed by atoms with E-state index in [2.05, 4.69) is 21.1 Å². The van der Waals surface area contributed by atoms with Gasteiger partial charge in [-0.25, -0.2) is 9.97 Å². The second kappa shape index (κ2) is 6.25. The van der Waals surface area contributed by atoms with Gasteiger partial charge in [0, 0.05) is 29.6 Å². The molecular formula is C16H18BN5O. The second-order valence-corrected chi connectivity index (χ2v) is 5.43. The second-order valence-electron chi connectivity index (χ2n) is 5.43. The molecule has 2 radical (unpaired) electrons. The molecule has 0 aromatic carbocycles. The molecule has 6 nitrogen and oxygen atoms in total. The summed E-state index contributed by atoms with van der Waals surface area (Å²) in [5.74, 6) is 0.926. The minimum atomic E-state index is 0.270. The van der Waals surface area contributed by atoms with Gasteiger partial charge in [-0.1, -0.05) is 0 Å². The van der Waals surface area contributed by atoms with E-state index in [0.717, 1.165) is 11.3 Å². The Hall–Kier alpha value is -2.62. The minimum absolute atomic E-state index is 0.270. The van der Waals surface area contributed by atoms with Crippen LogP contribution in [0.4, 0.5) is 0 Å². The lowest BCUT2D eigenvalue weighted by Gasteiger charge is -2.15. The Morgan fingerprint density at radius 2 is 1.65 bits per heavy atom. The fraction of sp³-hybridized carbons (Fsp3) is 0.375. The van der Waals surface area contributed by atoms with Gasteiger partial charge >= 0.3 is 8.05 Å². The van der Waals surface area contributed by atoms with Crippen LogP contribution in [0.1, 0.15) is 39.7 Å². The lowest BCUT2D eigenvalue weighted by atomic mass is 9.99. The Morgan fingerprint density at radius 3 is 2.04 bits per heavy atom. The lowest BCUT2D eigenvalue weighted by molar-refractivity contribution is 0.559. The van der Waals surface area contributed by atoms with Crippen LogP contribution < -0.4 is 0 Å². The molecule has 2 aromatic heterocycles. The molecule has 23 heavy (non-hydrogen) atoms. The summed E-state index contributed by atoms with van der Waals surface area (Å²) in [6.45, 7) is 9.30. The smallest absolute Gasteiger partial charge is 0.374 e. The van der Waals surface area contributed by atoms with E-state index in [4.69, 9.17) is 12.7 Å². The van der Waals surface area contributed by atoms with Crippen molar-refractivity contribution in [2.45, 2.75) is 34.6 Å². The highest BCUT2D eigenvalue weighted by Crippen LogP contribution is 2.31. The monoisotopic (exact) mass is 307 g/mol. The fourth-order valence-electron chi connectivity index (χ4n) is 2.78. The molecule has 2 heterocycles. The fourth-order valence-corrected chi connectivity index (χ4v) is 2.78. The highest BCUT2D eigenvalue weighted by molar-refractivity contribution is 6.06. The molecule has 0 saturated heterocycles. The van der Waals surface area contributed by atoms with Crippen molar-refractivity contribution in [3.05, 3.63) is 39.7 Å². The standard InChI is InChI=1S/C16H18BN5O/c1-8-9(2)21-22(6)15(8)16(23-17)13(7-18)14-10(3)19-12(5)20-11(14)4/h1-6H3. The quantitative estimate of drug-likeness (QED) is 0.494. The predicted molar refractivity (Wildman–Crippen MR) is 88.2 cm³/mol. The Kier molecular flexibility index (Phi) is 4.55. The van der Waals surface area contributed by atoms with Gasteiger partial charge in [-0.15, -0.1) is 0 Å². The van der Waals surface area contributed by atoms with Crippen LogP contribution in [0.25, 0.3) is 11.3 Å². The maximum absolute atomic E-state index is 9.72. The van der Waals surface area contributed by atoms with Crippen molar-refractivity contribution in [2.24, 2.45) is 7.05 Å². The first-order chi connectivity index (χ1) is 10.8. The summed E-state index contributed by atoms with van der Waals surface area (Å²) >= 11 is 0. The van der Waals surface area contributed by atoms with E-state index >= 15 is 0 Å². The third kappa shape index (κ3) is 2.84. The highest BCUT2D eigenvalue weighted by atomic mass is 16.4. The van der Waals surface area contributed by atoms with Gasteiger partial charge in [0.2, 0.25) is 0 Å². The van der Waals surface area contributed by atoms with Crippen LogP contribution in [0.2, 0.25) is 0 Å². The predicted octanol–water partition coefficient (Wildman–Crippen LogP) is 2.24. The van der Waals surface area contributed by atoms with E-state index in [9.17, 15) is 5.26 Å². The zero-order valence-corrected chi connectivity index (χ0v) is 14.2. The van der Waals surface area contributed by atoms with Gasteiger partial charge in [0.1, 0.15) is 28.9 Å². The topological polar surface area (TPSA) is 76.6 Å². The normalized spacial score (nSPS) is 11.9. The first-order valence-electron chi connectivity index (χ1n) is 7.15. The van der Waals surface area contributed by atoms with Gasteiger partial charge in [0.05, 0.1) is 5.69 Å². The molecule has 0 spiro atoms. The molecule has 0 amide bonds. The number of hydrogen-bond acceptors (Lipinski definition) is 5. The Morgan fingerprint density at radius 1 is 1.09 bits per heavy atom. The van der Waals surface area contributed by atoms with Crippen LogP contribution in [0, 0.1) is 45.9 Å². The molecule has 7 heteroatoms. The van der Waals surface area contributed by atoms with E-state index < -0.39 is 0 Å². The Labute approximate surface area is 137 Å². The minimum Gasteiger partial charge on any atom is -0.565 e. The largest absolute Gasteiger partial charge is 0.565 e. The van der Waals surface area contributed by atoms with Gasteiger partial charge in [0.15, 0.2) is 0 Å². The number of nitriles is 1. The van der Waals surface area contributed by atoms with E-state index in [1.54, 1.807) is 11.7 Å². The van der Waals surface area contributed by atoms with E-state index in [0.29, 0.717) is 34.0 Å². The van der Waals surface area contributed by atoms with Crippen LogP contribution in [0.15, 0.2) is 0 Å². The molecule has 0 fully saturated rings. The Bertz CT molecular complexity index is 822. The van der Waals surface area contributed by atoms with Crippen LogP contribution in [0.3, 0.4) is 0 Å². The van der Waals surface area contributed by atoms with E-state index in [-0.39, 0.29) is 5.76 Å². The van der Waals surface area contributed by atoms with Crippen LogP contribution in [0.5, 0.6) is 0 Å². The highest BCUT2D eigenvalue weighted by Gasteiger charge is 2.22. The molecule has 2 aromatic rings. The number of allylic oxidation sites excluding steroid dienone is 1. The number of hydrogen-bond donors (Lipinski definition) is 0. The first-order valence-corrected chi connectivity index (χ1v) is 7.15. The molecular weight excluding hydrogens is 289 g/mol. The summed E-state index contributed by atoms with van der Waals surface area (Å²) in [6, 6.07) is 2.19. The van der Waals surface area contributed by atoms with Crippen LogP contribution in [-0.4, -0.2) is 27.8 Å². The SMILES string of the molecule is [B]OC(=C(C#N)c1c(C)nc(C)nc1C)c1c(C)c(C)nn1C. The number of aryl methyl sites for hydroxylation is 5. The van der Waals surface area contributed by atoms with Crippen molar-refractivity contribution >= 4 is 19.4 Å². The molecule has 0 aliphatic heterocycles. The molecule has 0 aliphatic rings. The summed E-state index contributed by atoms with van der Waals surface area (Å²) in [5.41, 5.74) is 4.77. The third-order valence-electron chi connectivity index (χ3n) is 3.83. The average molecular weight is 307 g/mol. The van der Waals surface area contributed by atoms with Gasteiger partial charge < -0.3 is 4.65 Å². The molecule has 116 valence electrons. The van der Waals surface area contributed by atoms with Crippen molar-refractivity contribution in [1.82, 2.24) is 19.7 Å². The van der Waals surface area contributed by atoms with Crippen LogP contribution >= 0.6 is 0 Å². The number of aromatic nitrogens is 4. The number of rotatable bonds is 3. The van der Waals surface area contributed by atoms with Crippen molar-refractivity contribution in [3.8, 4) is 6.07 Å². The molecule has 0 atom stereocenters. The van der Waals surface area contributed by atoms with Gasteiger partial charge in [0.25, 0.3) is 0 Å². The summed E-state index contributed by atoms with van der Waals surface area (Å²) in [7, 11) is 7.29. The summed E-state index contributed by atoms with van der Waals surface area (Å²) in [5, 5.41) is 14.1. The maximum Gasteiger partial charge on any atom is 0.374 e. The molecule has 0 N–H and O–H groups in total. The van der Waals surface area contributed by atoms with Crippen molar-refractivity contribution in [3.63, 3.8) is 0 Å². The average Bonchev–Trinajstić information content (AvgIpc) is 2.71. The molecule has 0 aliphatic carbocycles. The number of nitrogens with zero attached hydrogens (tertiary/aromatic N) is 5. The van der Waals surface area contributed by atoms with Crippen molar-refractivity contribution in [1.29, 1.82) is 5.26 Å². The van der Waals surface area contributed by atoms with Crippen molar-refractivity contribution in [2.75, 3.05) is 0 Å². The van der Waals surface area contributed by atoms with Gasteiger partial charge in [-0.2, -0.15) is 10.4 Å². The zero-order valence-electron chi connectivity index (χ0n) is 14.2. The molecule has 0 bridgehead atoms. The summed E-state index contributed by atoms with van der Waals surface area (Å²) < 4.78 is 6.76. The van der Waals surface area contributed by atoms with Crippen LogP contribution in [-0.2, 0) is 11.7 Å². The van der Waals surface area contributed by atoms with E-state index in [1.165, 1.54) is 0 Å². The maximum atomic E-state index is 9.72. The molecule has 0 unspecified atom stereocenters.